The van der Waals surface area contributed by atoms with E-state index < -0.39 is 10.0 Å². The molecule has 1 N–H and O–H groups in total. The van der Waals surface area contributed by atoms with Gasteiger partial charge < -0.3 is 5.32 Å². The van der Waals surface area contributed by atoms with Crippen molar-refractivity contribution in [3.8, 4) is 0 Å². The van der Waals surface area contributed by atoms with Gasteiger partial charge in [-0.3, -0.25) is 4.79 Å². The highest BCUT2D eigenvalue weighted by Crippen LogP contribution is 2.28. The third-order valence-corrected chi connectivity index (χ3v) is 8.24. The van der Waals surface area contributed by atoms with Crippen LogP contribution in [0.1, 0.15) is 43.0 Å². The molecular weight excluding hydrogens is 380 g/mol. The van der Waals surface area contributed by atoms with Gasteiger partial charge in [0, 0.05) is 23.7 Å². The number of aryl methyl sites for hydroxylation is 1. The summed E-state index contributed by atoms with van der Waals surface area (Å²) < 4.78 is 27.5. The van der Waals surface area contributed by atoms with E-state index in [0.29, 0.717) is 29.5 Å². The minimum absolute atomic E-state index is 0.116. The zero-order valence-corrected chi connectivity index (χ0v) is 17.6. The fraction of sp³-hybridized carbons (Fsp3) is 0.450. The lowest BCUT2D eigenvalue weighted by Crippen LogP contribution is -2.43. The number of hydrogen-bond donors (Lipinski definition) is 1. The largest absolute Gasteiger partial charge is 0.326 e. The second-order valence-corrected chi connectivity index (χ2v) is 10.8. The third kappa shape index (κ3) is 4.59. The molecule has 2 heterocycles. The van der Waals surface area contributed by atoms with Crippen LogP contribution in [0, 0.1) is 12.8 Å². The highest BCUT2D eigenvalue weighted by molar-refractivity contribution is 7.91. The Hall–Kier alpha value is -1.70. The zero-order chi connectivity index (χ0) is 19.6. The molecule has 3 rings (SSSR count). The summed E-state index contributed by atoms with van der Waals surface area (Å²) in [4.78, 5) is 13.6. The molecule has 1 saturated heterocycles. The average Bonchev–Trinajstić information content (AvgIpc) is 3.09. The number of anilines is 1. The smallest absolute Gasteiger partial charge is 0.252 e. The fourth-order valence-electron chi connectivity index (χ4n) is 3.25. The van der Waals surface area contributed by atoms with E-state index in [1.807, 2.05) is 37.3 Å². The Morgan fingerprint density at radius 3 is 2.48 bits per heavy atom. The first-order valence-electron chi connectivity index (χ1n) is 9.25. The Morgan fingerprint density at radius 1 is 1.19 bits per heavy atom. The molecule has 1 aromatic heterocycles. The maximum absolute atomic E-state index is 12.8. The van der Waals surface area contributed by atoms with Crippen LogP contribution >= 0.6 is 11.3 Å². The number of benzene rings is 1. The number of nitrogens with zero attached hydrogens (tertiary/aromatic N) is 1. The minimum atomic E-state index is -3.52. The molecule has 1 fully saturated rings. The van der Waals surface area contributed by atoms with Gasteiger partial charge in [0.15, 0.2) is 0 Å². The number of nitrogens with one attached hydrogen (secondary N) is 1. The van der Waals surface area contributed by atoms with Crippen LogP contribution < -0.4 is 5.32 Å². The molecule has 7 heteroatoms. The van der Waals surface area contributed by atoms with Crippen LogP contribution in [0.5, 0.6) is 0 Å². The maximum Gasteiger partial charge on any atom is 0.252 e. The SMILES string of the molecule is Cc1ccc(S(=O)(=O)N2CCCC(C(=O)Nc3ccc(C(C)C)cc3)C2)s1. The van der Waals surface area contributed by atoms with Crippen LogP contribution in [0.4, 0.5) is 5.69 Å². The number of thiophene rings is 1. The van der Waals surface area contributed by atoms with E-state index in [-0.39, 0.29) is 18.4 Å². The summed E-state index contributed by atoms with van der Waals surface area (Å²) >= 11 is 1.27. The van der Waals surface area contributed by atoms with E-state index >= 15 is 0 Å². The van der Waals surface area contributed by atoms with Gasteiger partial charge in [0.05, 0.1) is 5.92 Å². The van der Waals surface area contributed by atoms with Crippen LogP contribution in [0.15, 0.2) is 40.6 Å². The standard InChI is InChI=1S/C20H26N2O3S2/c1-14(2)16-7-9-18(10-8-16)21-20(23)17-5-4-12-22(13-17)27(24,25)19-11-6-15(3)26-19/h6-11,14,17H,4-5,12-13H2,1-3H3,(H,21,23). The number of amides is 1. The molecule has 1 aliphatic heterocycles. The molecule has 5 nitrogen and oxygen atoms in total. The summed E-state index contributed by atoms with van der Waals surface area (Å²) in [6.07, 6.45) is 1.39. The predicted octanol–water partition coefficient (Wildman–Crippen LogP) is 4.22. The van der Waals surface area contributed by atoms with Crippen LogP contribution in [0.2, 0.25) is 0 Å². The first-order chi connectivity index (χ1) is 12.8. The minimum Gasteiger partial charge on any atom is -0.326 e. The first-order valence-corrected chi connectivity index (χ1v) is 11.5. The van der Waals surface area contributed by atoms with E-state index in [1.165, 1.54) is 21.2 Å². The molecule has 1 amide bonds. The van der Waals surface area contributed by atoms with Crippen LogP contribution in [0.3, 0.4) is 0 Å². The molecule has 1 aromatic carbocycles. The van der Waals surface area contributed by atoms with Crippen molar-refractivity contribution in [2.45, 2.75) is 43.7 Å². The van der Waals surface area contributed by atoms with Gasteiger partial charge in [-0.05, 0) is 55.5 Å². The van der Waals surface area contributed by atoms with Gasteiger partial charge in [0.1, 0.15) is 4.21 Å². The number of carbonyl (C=O) groups is 1. The molecule has 0 bridgehead atoms. The Labute approximate surface area is 165 Å². The monoisotopic (exact) mass is 406 g/mol. The first kappa shape index (κ1) is 20.0. The molecule has 146 valence electrons. The van der Waals surface area contributed by atoms with Gasteiger partial charge in [-0.1, -0.05) is 26.0 Å². The number of carbonyl (C=O) groups excluding carboxylic acids is 1. The van der Waals surface area contributed by atoms with Gasteiger partial charge in [-0.15, -0.1) is 11.3 Å². The topological polar surface area (TPSA) is 66.5 Å². The normalized spacial score (nSPS) is 18.6. The van der Waals surface area contributed by atoms with Gasteiger partial charge in [-0.2, -0.15) is 4.31 Å². The summed E-state index contributed by atoms with van der Waals surface area (Å²) in [5, 5.41) is 2.94. The van der Waals surface area contributed by atoms with Crippen LogP contribution in [-0.4, -0.2) is 31.7 Å². The van der Waals surface area contributed by atoms with Gasteiger partial charge in [0.25, 0.3) is 10.0 Å². The van der Waals surface area contributed by atoms with Crippen LogP contribution in [0.25, 0.3) is 0 Å². The van der Waals surface area contributed by atoms with E-state index in [9.17, 15) is 13.2 Å². The molecule has 27 heavy (non-hydrogen) atoms. The molecular formula is C20H26N2O3S2. The Bertz CT molecular complexity index is 902. The predicted molar refractivity (Wildman–Crippen MR) is 110 cm³/mol. The highest BCUT2D eigenvalue weighted by Gasteiger charge is 2.34. The highest BCUT2D eigenvalue weighted by atomic mass is 32.2. The van der Waals surface area contributed by atoms with Crippen molar-refractivity contribution < 1.29 is 13.2 Å². The Kier molecular flexibility index (Phi) is 6.03. The average molecular weight is 407 g/mol. The number of sulfonamides is 1. The summed E-state index contributed by atoms with van der Waals surface area (Å²) in [6.45, 7) is 6.83. The summed E-state index contributed by atoms with van der Waals surface area (Å²) in [5.41, 5.74) is 1.97. The molecule has 2 aromatic rings. The molecule has 0 saturated carbocycles. The van der Waals surface area contributed by atoms with Gasteiger partial charge in [-0.25, -0.2) is 8.42 Å². The molecule has 1 unspecified atom stereocenters. The van der Waals surface area contributed by atoms with Gasteiger partial charge in [0.2, 0.25) is 5.91 Å². The second kappa shape index (κ2) is 8.12. The summed E-state index contributed by atoms with van der Waals surface area (Å²) in [6, 6.07) is 11.3. The van der Waals surface area contributed by atoms with Crippen molar-refractivity contribution >= 4 is 33.0 Å². The van der Waals surface area contributed by atoms with Crippen molar-refractivity contribution in [3.05, 3.63) is 46.8 Å². The van der Waals surface area contributed by atoms with Crippen molar-refractivity contribution in [1.29, 1.82) is 0 Å². The van der Waals surface area contributed by atoms with E-state index in [2.05, 4.69) is 19.2 Å². The lowest BCUT2D eigenvalue weighted by atomic mass is 9.98. The summed E-state index contributed by atoms with van der Waals surface area (Å²) in [5.74, 6) is -0.0123. The number of hydrogen-bond acceptors (Lipinski definition) is 4. The molecule has 1 atom stereocenters. The molecule has 0 aliphatic carbocycles. The Morgan fingerprint density at radius 2 is 1.89 bits per heavy atom. The van der Waals surface area contributed by atoms with Crippen molar-refractivity contribution in [3.63, 3.8) is 0 Å². The second-order valence-electron chi connectivity index (χ2n) is 7.33. The lowest BCUT2D eigenvalue weighted by Gasteiger charge is -2.30. The maximum atomic E-state index is 12.8. The number of piperidine rings is 1. The van der Waals surface area contributed by atoms with Crippen LogP contribution in [-0.2, 0) is 14.8 Å². The summed E-state index contributed by atoms with van der Waals surface area (Å²) in [7, 11) is -3.52. The Balaban J connectivity index is 1.67. The van der Waals surface area contributed by atoms with Crippen molar-refractivity contribution in [2.24, 2.45) is 5.92 Å². The number of rotatable bonds is 5. The quantitative estimate of drug-likeness (QED) is 0.808. The van der Waals surface area contributed by atoms with E-state index in [4.69, 9.17) is 0 Å². The fourth-order valence-corrected chi connectivity index (χ4v) is 6.21. The van der Waals surface area contributed by atoms with Gasteiger partial charge >= 0.3 is 0 Å². The zero-order valence-electron chi connectivity index (χ0n) is 15.9. The lowest BCUT2D eigenvalue weighted by molar-refractivity contribution is -0.120. The van der Waals surface area contributed by atoms with E-state index in [1.54, 1.807) is 6.07 Å². The molecule has 0 radical (unpaired) electrons. The molecule has 0 spiro atoms. The third-order valence-electron chi connectivity index (χ3n) is 4.91. The van der Waals surface area contributed by atoms with E-state index in [0.717, 1.165) is 10.6 Å². The van der Waals surface area contributed by atoms with Crippen molar-refractivity contribution in [1.82, 2.24) is 4.31 Å². The van der Waals surface area contributed by atoms with Crippen molar-refractivity contribution in [2.75, 3.05) is 18.4 Å². The molecule has 1 aliphatic rings.